The van der Waals surface area contributed by atoms with Crippen molar-refractivity contribution in [1.82, 2.24) is 10.2 Å². The molecule has 1 saturated heterocycles. The number of nitrogens with one attached hydrogen (secondary N) is 1. The Morgan fingerprint density at radius 3 is 2.60 bits per heavy atom. The molecule has 3 heteroatoms. The SMILES string of the molecule is CC[C@H]1CC[C@H](C(=O)NC(C)(C)c2cccc3ccccc23)CN1C. The minimum Gasteiger partial charge on any atom is -0.347 e. The third-order valence-corrected chi connectivity index (χ3v) is 5.72. The molecule has 0 bridgehead atoms. The molecule has 1 N–H and O–H groups in total. The highest BCUT2D eigenvalue weighted by Crippen LogP contribution is 2.30. The molecule has 2 aromatic rings. The summed E-state index contributed by atoms with van der Waals surface area (Å²) in [7, 11) is 2.14. The minimum atomic E-state index is -0.391. The molecule has 25 heavy (non-hydrogen) atoms. The normalized spacial score (nSPS) is 22.1. The van der Waals surface area contributed by atoms with Crippen molar-refractivity contribution in [3.05, 3.63) is 48.0 Å². The van der Waals surface area contributed by atoms with Gasteiger partial charge in [-0.2, -0.15) is 0 Å². The van der Waals surface area contributed by atoms with Crippen LogP contribution in [0.2, 0.25) is 0 Å². The van der Waals surface area contributed by atoms with Gasteiger partial charge in [-0.1, -0.05) is 49.4 Å². The molecule has 134 valence electrons. The zero-order valence-electron chi connectivity index (χ0n) is 15.9. The summed E-state index contributed by atoms with van der Waals surface area (Å²) in [5.74, 6) is 0.265. The highest BCUT2D eigenvalue weighted by molar-refractivity contribution is 5.88. The first-order valence-electron chi connectivity index (χ1n) is 9.43. The molecule has 0 saturated carbocycles. The van der Waals surface area contributed by atoms with Crippen LogP contribution in [0.5, 0.6) is 0 Å². The molecule has 1 amide bonds. The molecule has 2 aromatic carbocycles. The fourth-order valence-corrected chi connectivity index (χ4v) is 4.18. The first-order chi connectivity index (χ1) is 11.9. The van der Waals surface area contributed by atoms with Crippen molar-refractivity contribution in [2.45, 2.75) is 51.6 Å². The monoisotopic (exact) mass is 338 g/mol. The van der Waals surface area contributed by atoms with Gasteiger partial charge in [0.05, 0.1) is 11.5 Å². The van der Waals surface area contributed by atoms with Gasteiger partial charge < -0.3 is 10.2 Å². The first kappa shape index (κ1) is 17.9. The van der Waals surface area contributed by atoms with Gasteiger partial charge in [0, 0.05) is 12.6 Å². The van der Waals surface area contributed by atoms with Gasteiger partial charge in [0.1, 0.15) is 0 Å². The van der Waals surface area contributed by atoms with E-state index in [2.05, 4.69) is 80.5 Å². The topological polar surface area (TPSA) is 32.3 Å². The van der Waals surface area contributed by atoms with E-state index in [0.29, 0.717) is 6.04 Å². The molecule has 3 rings (SSSR count). The highest BCUT2D eigenvalue weighted by Gasteiger charge is 2.32. The zero-order valence-corrected chi connectivity index (χ0v) is 15.9. The average molecular weight is 338 g/mol. The predicted octanol–water partition coefficient (Wildman–Crippen LogP) is 4.31. The minimum absolute atomic E-state index is 0.0852. The Labute approximate surface area is 151 Å². The Kier molecular flexibility index (Phi) is 5.14. The van der Waals surface area contributed by atoms with Crippen molar-refractivity contribution in [2.24, 2.45) is 5.92 Å². The van der Waals surface area contributed by atoms with Crippen molar-refractivity contribution in [3.8, 4) is 0 Å². The highest BCUT2D eigenvalue weighted by atomic mass is 16.2. The Morgan fingerprint density at radius 2 is 1.88 bits per heavy atom. The summed E-state index contributed by atoms with van der Waals surface area (Å²) in [6.45, 7) is 7.29. The molecule has 1 aliphatic heterocycles. The standard InChI is InChI=1S/C22H30N2O/c1-5-18-14-13-17(15-24(18)4)21(25)23-22(2,3)20-12-8-10-16-9-6-7-11-19(16)20/h6-12,17-18H,5,13-15H2,1-4H3,(H,23,25)/t17-,18-/m0/s1. The number of nitrogens with zero attached hydrogens (tertiary/aromatic N) is 1. The number of piperidine rings is 1. The van der Waals surface area contributed by atoms with Crippen molar-refractivity contribution in [1.29, 1.82) is 0 Å². The van der Waals surface area contributed by atoms with E-state index >= 15 is 0 Å². The molecule has 1 heterocycles. The maximum absolute atomic E-state index is 12.9. The lowest BCUT2D eigenvalue weighted by atomic mass is 9.87. The third kappa shape index (κ3) is 3.72. The Balaban J connectivity index is 1.78. The second-order valence-electron chi connectivity index (χ2n) is 7.92. The van der Waals surface area contributed by atoms with E-state index in [1.54, 1.807) is 0 Å². The van der Waals surface area contributed by atoms with Crippen LogP contribution in [0.15, 0.2) is 42.5 Å². The number of hydrogen-bond donors (Lipinski definition) is 1. The molecular formula is C22H30N2O. The molecule has 3 nitrogen and oxygen atoms in total. The molecule has 0 aliphatic carbocycles. The van der Waals surface area contributed by atoms with Crippen LogP contribution in [0.4, 0.5) is 0 Å². The van der Waals surface area contributed by atoms with E-state index in [4.69, 9.17) is 0 Å². The van der Waals surface area contributed by atoms with Gasteiger partial charge in [0.25, 0.3) is 0 Å². The molecule has 2 atom stereocenters. The smallest absolute Gasteiger partial charge is 0.225 e. The van der Waals surface area contributed by atoms with E-state index in [9.17, 15) is 4.79 Å². The molecule has 0 unspecified atom stereocenters. The number of hydrogen-bond acceptors (Lipinski definition) is 2. The maximum Gasteiger partial charge on any atom is 0.225 e. The lowest BCUT2D eigenvalue weighted by molar-refractivity contribution is -0.128. The first-order valence-corrected chi connectivity index (χ1v) is 9.43. The molecule has 0 aromatic heterocycles. The van der Waals surface area contributed by atoms with Crippen LogP contribution >= 0.6 is 0 Å². The largest absolute Gasteiger partial charge is 0.347 e. The summed E-state index contributed by atoms with van der Waals surface area (Å²) in [6, 6.07) is 15.3. The zero-order chi connectivity index (χ0) is 18.0. The van der Waals surface area contributed by atoms with Crippen LogP contribution in [0.3, 0.4) is 0 Å². The van der Waals surface area contributed by atoms with E-state index in [0.717, 1.165) is 25.8 Å². The number of fused-ring (bicyclic) bond motifs is 1. The van der Waals surface area contributed by atoms with Gasteiger partial charge in [-0.15, -0.1) is 0 Å². The van der Waals surface area contributed by atoms with E-state index < -0.39 is 5.54 Å². The Morgan fingerprint density at radius 1 is 1.16 bits per heavy atom. The van der Waals surface area contributed by atoms with Crippen molar-refractivity contribution in [2.75, 3.05) is 13.6 Å². The van der Waals surface area contributed by atoms with Gasteiger partial charge in [-0.05, 0) is 56.5 Å². The fourth-order valence-electron chi connectivity index (χ4n) is 4.18. The fraction of sp³-hybridized carbons (Fsp3) is 0.500. The van der Waals surface area contributed by atoms with Gasteiger partial charge in [-0.3, -0.25) is 4.79 Å². The number of benzene rings is 2. The molecule has 0 spiro atoms. The van der Waals surface area contributed by atoms with Crippen molar-refractivity contribution < 1.29 is 4.79 Å². The van der Waals surface area contributed by atoms with Crippen LogP contribution in [-0.4, -0.2) is 30.4 Å². The molecule has 1 fully saturated rings. The van der Waals surface area contributed by atoms with Gasteiger partial charge >= 0.3 is 0 Å². The summed E-state index contributed by atoms with van der Waals surface area (Å²) in [6.07, 6.45) is 3.26. The maximum atomic E-state index is 12.9. The summed E-state index contributed by atoms with van der Waals surface area (Å²) >= 11 is 0. The van der Waals surface area contributed by atoms with Gasteiger partial charge in [-0.25, -0.2) is 0 Å². The van der Waals surface area contributed by atoms with Crippen LogP contribution < -0.4 is 5.32 Å². The number of carbonyl (C=O) groups is 1. The number of likely N-dealkylation sites (tertiary alicyclic amines) is 1. The van der Waals surface area contributed by atoms with E-state index in [-0.39, 0.29) is 11.8 Å². The van der Waals surface area contributed by atoms with Crippen LogP contribution in [0.1, 0.15) is 45.6 Å². The second-order valence-corrected chi connectivity index (χ2v) is 7.92. The van der Waals surface area contributed by atoms with Gasteiger partial charge in [0.2, 0.25) is 5.91 Å². The van der Waals surface area contributed by atoms with Gasteiger partial charge in [0.15, 0.2) is 0 Å². The third-order valence-electron chi connectivity index (χ3n) is 5.72. The lowest BCUT2D eigenvalue weighted by Crippen LogP contribution is -2.50. The number of carbonyl (C=O) groups excluding carboxylic acids is 1. The van der Waals surface area contributed by atoms with E-state index in [1.807, 2.05) is 0 Å². The van der Waals surface area contributed by atoms with Crippen molar-refractivity contribution >= 4 is 16.7 Å². The summed E-state index contributed by atoms with van der Waals surface area (Å²) < 4.78 is 0. The molecule has 0 radical (unpaired) electrons. The second kappa shape index (κ2) is 7.17. The molecule has 1 aliphatic rings. The van der Waals surface area contributed by atoms with E-state index in [1.165, 1.54) is 16.3 Å². The predicted molar refractivity (Wildman–Crippen MR) is 105 cm³/mol. The summed E-state index contributed by atoms with van der Waals surface area (Å²) in [5, 5.41) is 5.75. The Bertz CT molecular complexity index is 747. The summed E-state index contributed by atoms with van der Waals surface area (Å²) in [5.41, 5.74) is 0.785. The van der Waals surface area contributed by atoms with Crippen molar-refractivity contribution in [3.63, 3.8) is 0 Å². The molecular weight excluding hydrogens is 308 g/mol. The number of amides is 1. The van der Waals surface area contributed by atoms with Crippen LogP contribution in [0.25, 0.3) is 10.8 Å². The Hall–Kier alpha value is -1.87. The summed E-state index contributed by atoms with van der Waals surface area (Å²) in [4.78, 5) is 15.3. The van der Waals surface area contributed by atoms with Crippen LogP contribution in [-0.2, 0) is 10.3 Å². The number of rotatable bonds is 4. The quantitative estimate of drug-likeness (QED) is 0.901. The van der Waals surface area contributed by atoms with Crippen LogP contribution in [0, 0.1) is 5.92 Å². The lowest BCUT2D eigenvalue weighted by Gasteiger charge is -2.38. The average Bonchev–Trinajstić information content (AvgIpc) is 2.60.